The number of anilines is 1. The van der Waals surface area contributed by atoms with Gasteiger partial charge in [0.2, 0.25) is 10.0 Å². The van der Waals surface area contributed by atoms with Crippen molar-refractivity contribution in [2.45, 2.75) is 4.90 Å². The second kappa shape index (κ2) is 9.21. The van der Waals surface area contributed by atoms with Crippen molar-refractivity contribution in [2.24, 2.45) is 5.14 Å². The fourth-order valence-electron chi connectivity index (χ4n) is 2.50. The van der Waals surface area contributed by atoms with Crippen LogP contribution in [-0.2, 0) is 19.6 Å². The van der Waals surface area contributed by atoms with Crippen molar-refractivity contribution in [1.82, 2.24) is 0 Å². The molecule has 1 amide bonds. The van der Waals surface area contributed by atoms with Crippen LogP contribution in [0.15, 0.2) is 83.8 Å². The standard InChI is InChI=1S/C21H18N2O6S/c22-30(26,27)17-10-6-7-15(13-17)23-20(24)14-28-21(25)18-11-4-5-12-19(18)29-16-8-2-1-3-9-16/h1-13H,14H2,(H,23,24)(H2,22,26,27). The van der Waals surface area contributed by atoms with Crippen LogP contribution in [0.5, 0.6) is 11.5 Å². The first kappa shape index (κ1) is 21.0. The van der Waals surface area contributed by atoms with Gasteiger partial charge in [0.05, 0.1) is 4.90 Å². The van der Waals surface area contributed by atoms with E-state index in [1.807, 2.05) is 6.07 Å². The van der Waals surface area contributed by atoms with Gasteiger partial charge in [-0.15, -0.1) is 0 Å². The molecule has 0 bridgehead atoms. The minimum absolute atomic E-state index is 0.149. The Bertz CT molecular complexity index is 1160. The van der Waals surface area contributed by atoms with Crippen LogP contribution in [0.2, 0.25) is 0 Å². The maximum atomic E-state index is 12.4. The summed E-state index contributed by atoms with van der Waals surface area (Å²) in [6.45, 7) is -0.571. The van der Waals surface area contributed by atoms with Gasteiger partial charge in [-0.2, -0.15) is 0 Å². The minimum Gasteiger partial charge on any atom is -0.456 e. The molecule has 0 saturated carbocycles. The van der Waals surface area contributed by atoms with Gasteiger partial charge in [-0.05, 0) is 42.5 Å². The molecule has 0 aliphatic heterocycles. The van der Waals surface area contributed by atoms with Crippen LogP contribution in [-0.4, -0.2) is 26.9 Å². The van der Waals surface area contributed by atoms with E-state index in [0.29, 0.717) is 5.75 Å². The van der Waals surface area contributed by atoms with Gasteiger partial charge < -0.3 is 14.8 Å². The summed E-state index contributed by atoms with van der Waals surface area (Å²) in [5.74, 6) is -0.550. The number of sulfonamides is 1. The second-order valence-corrected chi connectivity index (χ2v) is 7.67. The first-order valence-electron chi connectivity index (χ1n) is 8.75. The Morgan fingerprint density at radius 3 is 2.33 bits per heavy atom. The van der Waals surface area contributed by atoms with Crippen molar-refractivity contribution in [3.8, 4) is 11.5 Å². The van der Waals surface area contributed by atoms with Gasteiger partial charge in [0.15, 0.2) is 6.61 Å². The lowest BCUT2D eigenvalue weighted by molar-refractivity contribution is -0.119. The molecular formula is C21H18N2O6S. The van der Waals surface area contributed by atoms with E-state index in [2.05, 4.69) is 5.32 Å². The predicted molar refractivity (Wildman–Crippen MR) is 110 cm³/mol. The summed E-state index contributed by atoms with van der Waals surface area (Å²) in [6, 6.07) is 20.8. The van der Waals surface area contributed by atoms with E-state index in [4.69, 9.17) is 14.6 Å². The van der Waals surface area contributed by atoms with E-state index in [9.17, 15) is 18.0 Å². The Balaban J connectivity index is 1.63. The average Bonchev–Trinajstić information content (AvgIpc) is 2.73. The van der Waals surface area contributed by atoms with Gasteiger partial charge in [-0.3, -0.25) is 4.79 Å². The van der Waals surface area contributed by atoms with E-state index in [1.54, 1.807) is 42.5 Å². The quantitative estimate of drug-likeness (QED) is 0.560. The zero-order chi connectivity index (χ0) is 21.6. The molecule has 3 rings (SSSR count). The summed E-state index contributed by atoms with van der Waals surface area (Å²) in [7, 11) is -3.90. The van der Waals surface area contributed by atoms with Crippen LogP contribution >= 0.6 is 0 Å². The summed E-state index contributed by atoms with van der Waals surface area (Å²) in [4.78, 5) is 24.4. The Labute approximate surface area is 173 Å². The van der Waals surface area contributed by atoms with Crippen LogP contribution in [0.4, 0.5) is 5.69 Å². The molecule has 0 aliphatic rings. The Morgan fingerprint density at radius 1 is 0.900 bits per heavy atom. The molecule has 30 heavy (non-hydrogen) atoms. The smallest absolute Gasteiger partial charge is 0.342 e. The molecule has 3 aromatic carbocycles. The first-order chi connectivity index (χ1) is 14.3. The van der Waals surface area contributed by atoms with Gasteiger partial charge >= 0.3 is 5.97 Å². The molecule has 0 aliphatic carbocycles. The maximum absolute atomic E-state index is 12.4. The minimum atomic E-state index is -3.90. The molecule has 0 atom stereocenters. The van der Waals surface area contributed by atoms with Crippen LogP contribution < -0.4 is 15.2 Å². The third-order valence-electron chi connectivity index (χ3n) is 3.86. The Morgan fingerprint density at radius 2 is 1.60 bits per heavy atom. The maximum Gasteiger partial charge on any atom is 0.342 e. The number of ether oxygens (including phenoxy) is 2. The highest BCUT2D eigenvalue weighted by Gasteiger charge is 2.16. The van der Waals surface area contributed by atoms with Crippen LogP contribution in [0.25, 0.3) is 0 Å². The molecule has 0 heterocycles. The molecule has 3 aromatic rings. The van der Waals surface area contributed by atoms with Gasteiger partial charge in [-0.25, -0.2) is 18.4 Å². The summed E-state index contributed by atoms with van der Waals surface area (Å²) in [5.41, 5.74) is 0.362. The Hall–Kier alpha value is -3.69. The van der Waals surface area contributed by atoms with E-state index in [0.717, 1.165) is 0 Å². The molecule has 154 valence electrons. The molecule has 9 heteroatoms. The molecule has 0 aromatic heterocycles. The highest BCUT2D eigenvalue weighted by Crippen LogP contribution is 2.25. The number of benzene rings is 3. The Kier molecular flexibility index (Phi) is 6.45. The molecule has 0 saturated heterocycles. The molecule has 0 spiro atoms. The lowest BCUT2D eigenvalue weighted by Crippen LogP contribution is -2.21. The number of hydrogen-bond donors (Lipinski definition) is 2. The molecule has 0 fully saturated rings. The fraction of sp³-hybridized carbons (Fsp3) is 0.0476. The average molecular weight is 426 g/mol. The number of carbonyl (C=O) groups is 2. The zero-order valence-corrected chi connectivity index (χ0v) is 16.5. The van der Waals surface area contributed by atoms with E-state index in [1.165, 1.54) is 30.3 Å². The van der Waals surface area contributed by atoms with Crippen molar-refractivity contribution in [3.63, 3.8) is 0 Å². The normalized spacial score (nSPS) is 10.8. The highest BCUT2D eigenvalue weighted by atomic mass is 32.2. The predicted octanol–water partition coefficient (Wildman–Crippen LogP) is 2.92. The fourth-order valence-corrected chi connectivity index (χ4v) is 3.06. The monoisotopic (exact) mass is 426 g/mol. The molecule has 0 radical (unpaired) electrons. The van der Waals surface area contributed by atoms with Crippen LogP contribution in [0, 0.1) is 0 Å². The molecule has 0 unspecified atom stereocenters. The van der Waals surface area contributed by atoms with Crippen molar-refractivity contribution in [3.05, 3.63) is 84.4 Å². The number of hydrogen-bond acceptors (Lipinski definition) is 6. The van der Waals surface area contributed by atoms with Gasteiger partial charge in [0, 0.05) is 5.69 Å². The third-order valence-corrected chi connectivity index (χ3v) is 4.77. The lowest BCUT2D eigenvalue weighted by Gasteiger charge is -2.11. The van der Waals surface area contributed by atoms with E-state index in [-0.39, 0.29) is 21.9 Å². The van der Waals surface area contributed by atoms with Gasteiger partial charge in [0.25, 0.3) is 5.91 Å². The summed E-state index contributed by atoms with van der Waals surface area (Å²) >= 11 is 0. The largest absolute Gasteiger partial charge is 0.456 e. The van der Waals surface area contributed by atoms with Gasteiger partial charge in [-0.1, -0.05) is 36.4 Å². The highest BCUT2D eigenvalue weighted by molar-refractivity contribution is 7.89. The number of rotatable bonds is 7. The van der Waals surface area contributed by atoms with Gasteiger partial charge in [0.1, 0.15) is 17.1 Å². The topological polar surface area (TPSA) is 125 Å². The third kappa shape index (κ3) is 5.66. The molecule has 3 N–H and O–H groups in total. The first-order valence-corrected chi connectivity index (χ1v) is 10.3. The summed E-state index contributed by atoms with van der Waals surface area (Å²) in [6.07, 6.45) is 0. The van der Waals surface area contributed by atoms with Crippen molar-refractivity contribution >= 4 is 27.6 Å². The van der Waals surface area contributed by atoms with Crippen molar-refractivity contribution in [1.29, 1.82) is 0 Å². The number of carbonyl (C=O) groups excluding carboxylic acids is 2. The summed E-state index contributed by atoms with van der Waals surface area (Å²) < 4.78 is 33.6. The molecular weight excluding hydrogens is 408 g/mol. The number of nitrogens with one attached hydrogen (secondary N) is 1. The SMILES string of the molecule is NS(=O)(=O)c1cccc(NC(=O)COC(=O)c2ccccc2Oc2ccccc2)c1. The van der Waals surface area contributed by atoms with Crippen molar-refractivity contribution in [2.75, 3.05) is 11.9 Å². The van der Waals surface area contributed by atoms with E-state index < -0.39 is 28.5 Å². The van der Waals surface area contributed by atoms with E-state index >= 15 is 0 Å². The lowest BCUT2D eigenvalue weighted by atomic mass is 10.2. The number of amides is 1. The number of primary sulfonamides is 1. The van der Waals surface area contributed by atoms with Crippen molar-refractivity contribution < 1.29 is 27.5 Å². The number of para-hydroxylation sites is 2. The summed E-state index contributed by atoms with van der Waals surface area (Å²) in [5, 5.41) is 7.52. The van der Waals surface area contributed by atoms with Crippen LogP contribution in [0.1, 0.15) is 10.4 Å². The number of esters is 1. The van der Waals surface area contributed by atoms with Crippen LogP contribution in [0.3, 0.4) is 0 Å². The second-order valence-electron chi connectivity index (χ2n) is 6.11. The molecule has 8 nitrogen and oxygen atoms in total. The number of nitrogens with two attached hydrogens (primary N) is 1. The zero-order valence-electron chi connectivity index (χ0n) is 15.6.